The van der Waals surface area contributed by atoms with Crippen LogP contribution in [0.2, 0.25) is 0 Å². The maximum atomic E-state index is 12.2. The highest BCUT2D eigenvalue weighted by Crippen LogP contribution is 2.25. The number of hydrogen-bond donors (Lipinski definition) is 2. The summed E-state index contributed by atoms with van der Waals surface area (Å²) in [5.74, 6) is 1.02. The van der Waals surface area contributed by atoms with E-state index in [9.17, 15) is 4.79 Å². The molecule has 0 bridgehead atoms. The molecule has 2 aliphatic rings. The normalized spacial score (nSPS) is 16.2. The molecule has 0 saturated carbocycles. The third-order valence-electron chi connectivity index (χ3n) is 5.30. The Morgan fingerprint density at radius 2 is 1.85 bits per heavy atom. The molecule has 2 heterocycles. The standard InChI is InChI=1S/C21H26N4O/c26-21(24-19-8-7-17-5-4-6-18(17)14-19)23-15-16-9-10-22-20(13-16)25-11-2-1-3-12-25/h7-10,13-14H,1-6,11-12,15H2,(H2,23,24,26). The zero-order chi connectivity index (χ0) is 17.8. The van der Waals surface area contributed by atoms with Gasteiger partial charge in [-0.15, -0.1) is 0 Å². The summed E-state index contributed by atoms with van der Waals surface area (Å²) >= 11 is 0. The van der Waals surface area contributed by atoms with Crippen molar-refractivity contribution in [1.82, 2.24) is 10.3 Å². The third kappa shape index (κ3) is 3.98. The molecule has 1 aliphatic carbocycles. The molecular weight excluding hydrogens is 324 g/mol. The molecule has 4 rings (SSSR count). The first-order valence-corrected chi connectivity index (χ1v) is 9.64. The van der Waals surface area contributed by atoms with E-state index >= 15 is 0 Å². The van der Waals surface area contributed by atoms with Crippen molar-refractivity contribution in [2.24, 2.45) is 0 Å². The van der Waals surface area contributed by atoms with Crippen LogP contribution in [0.25, 0.3) is 0 Å². The fourth-order valence-corrected chi connectivity index (χ4v) is 3.87. The lowest BCUT2D eigenvalue weighted by molar-refractivity contribution is 0.251. The topological polar surface area (TPSA) is 57.3 Å². The van der Waals surface area contributed by atoms with Crippen molar-refractivity contribution in [2.75, 3.05) is 23.3 Å². The van der Waals surface area contributed by atoms with E-state index in [1.165, 1.54) is 36.8 Å². The number of hydrogen-bond acceptors (Lipinski definition) is 3. The highest BCUT2D eigenvalue weighted by Gasteiger charge is 2.13. The fraction of sp³-hybridized carbons (Fsp3) is 0.429. The van der Waals surface area contributed by atoms with E-state index < -0.39 is 0 Å². The van der Waals surface area contributed by atoms with Crippen LogP contribution in [0, 0.1) is 0 Å². The first-order valence-electron chi connectivity index (χ1n) is 9.64. The van der Waals surface area contributed by atoms with Gasteiger partial charge in [-0.3, -0.25) is 0 Å². The minimum absolute atomic E-state index is 0.167. The summed E-state index contributed by atoms with van der Waals surface area (Å²) < 4.78 is 0. The molecule has 1 saturated heterocycles. The van der Waals surface area contributed by atoms with Gasteiger partial charge in [0.25, 0.3) is 0 Å². The molecule has 0 unspecified atom stereocenters. The van der Waals surface area contributed by atoms with Gasteiger partial charge in [0.2, 0.25) is 0 Å². The molecule has 5 nitrogen and oxygen atoms in total. The molecule has 1 fully saturated rings. The Labute approximate surface area is 154 Å². The largest absolute Gasteiger partial charge is 0.357 e. The highest BCUT2D eigenvalue weighted by atomic mass is 16.2. The van der Waals surface area contributed by atoms with Crippen molar-refractivity contribution in [3.05, 3.63) is 53.2 Å². The number of fused-ring (bicyclic) bond motifs is 1. The van der Waals surface area contributed by atoms with Crippen LogP contribution < -0.4 is 15.5 Å². The quantitative estimate of drug-likeness (QED) is 0.880. The fourth-order valence-electron chi connectivity index (χ4n) is 3.87. The van der Waals surface area contributed by atoms with Crippen molar-refractivity contribution < 1.29 is 4.79 Å². The van der Waals surface area contributed by atoms with Gasteiger partial charge < -0.3 is 15.5 Å². The lowest BCUT2D eigenvalue weighted by Crippen LogP contribution is -2.31. The molecule has 2 aromatic rings. The number of nitrogens with zero attached hydrogens (tertiary/aromatic N) is 2. The zero-order valence-electron chi connectivity index (χ0n) is 15.1. The van der Waals surface area contributed by atoms with Crippen LogP contribution in [0.5, 0.6) is 0 Å². The molecule has 5 heteroatoms. The number of anilines is 2. The molecule has 1 aromatic heterocycles. The van der Waals surface area contributed by atoms with Gasteiger partial charge in [0.1, 0.15) is 5.82 Å². The lowest BCUT2D eigenvalue weighted by Gasteiger charge is -2.27. The van der Waals surface area contributed by atoms with Crippen molar-refractivity contribution in [2.45, 2.75) is 45.1 Å². The summed E-state index contributed by atoms with van der Waals surface area (Å²) in [6.45, 7) is 2.64. The minimum atomic E-state index is -0.167. The molecule has 2 amide bonds. The van der Waals surface area contributed by atoms with Crippen molar-refractivity contribution in [1.29, 1.82) is 0 Å². The molecule has 2 N–H and O–H groups in total. The maximum absolute atomic E-state index is 12.2. The Morgan fingerprint density at radius 3 is 2.73 bits per heavy atom. The lowest BCUT2D eigenvalue weighted by atomic mass is 10.1. The number of carbonyl (C=O) groups is 1. The van der Waals surface area contributed by atoms with Gasteiger partial charge in [0, 0.05) is 31.5 Å². The molecule has 0 atom stereocenters. The zero-order valence-corrected chi connectivity index (χ0v) is 15.1. The Kier molecular flexibility index (Phi) is 5.04. The second-order valence-corrected chi connectivity index (χ2v) is 7.21. The number of rotatable bonds is 4. The summed E-state index contributed by atoms with van der Waals surface area (Å²) in [4.78, 5) is 19.0. The van der Waals surface area contributed by atoms with Gasteiger partial charge in [0.05, 0.1) is 0 Å². The number of urea groups is 1. The van der Waals surface area contributed by atoms with Crippen LogP contribution in [-0.2, 0) is 19.4 Å². The second-order valence-electron chi connectivity index (χ2n) is 7.21. The van der Waals surface area contributed by atoms with E-state index in [-0.39, 0.29) is 6.03 Å². The molecule has 1 aromatic carbocycles. The smallest absolute Gasteiger partial charge is 0.319 e. The van der Waals surface area contributed by atoms with Crippen molar-refractivity contribution in [3.63, 3.8) is 0 Å². The number of pyridine rings is 1. The Balaban J connectivity index is 1.32. The average molecular weight is 350 g/mol. The molecular formula is C21H26N4O. The van der Waals surface area contributed by atoms with E-state index in [0.29, 0.717) is 6.54 Å². The van der Waals surface area contributed by atoms with Crippen LogP contribution in [0.4, 0.5) is 16.3 Å². The number of piperidine rings is 1. The van der Waals surface area contributed by atoms with Crippen LogP contribution in [-0.4, -0.2) is 24.1 Å². The van der Waals surface area contributed by atoms with Gasteiger partial charge in [-0.25, -0.2) is 9.78 Å². The van der Waals surface area contributed by atoms with E-state index in [2.05, 4.69) is 38.7 Å². The Hall–Kier alpha value is -2.56. The van der Waals surface area contributed by atoms with Gasteiger partial charge in [-0.2, -0.15) is 0 Å². The molecule has 1 aliphatic heterocycles. The monoisotopic (exact) mass is 350 g/mol. The van der Waals surface area contributed by atoms with Gasteiger partial charge in [-0.05, 0) is 79.5 Å². The number of nitrogens with one attached hydrogen (secondary N) is 2. The number of aromatic nitrogens is 1. The number of amides is 2. The summed E-state index contributed by atoms with van der Waals surface area (Å²) in [7, 11) is 0. The predicted molar refractivity (Wildman–Crippen MR) is 105 cm³/mol. The van der Waals surface area contributed by atoms with Gasteiger partial charge in [0.15, 0.2) is 0 Å². The Bertz CT molecular complexity index is 783. The summed E-state index contributed by atoms with van der Waals surface area (Å²) in [5.41, 5.74) is 4.72. The van der Waals surface area contributed by atoms with Crippen LogP contribution in [0.1, 0.15) is 42.4 Å². The van der Waals surface area contributed by atoms with Crippen molar-refractivity contribution >= 4 is 17.5 Å². The first-order chi connectivity index (χ1) is 12.8. The SMILES string of the molecule is O=C(NCc1ccnc(N2CCCCC2)c1)Nc1ccc2c(c1)CCC2. The van der Waals surface area contributed by atoms with E-state index in [1.54, 1.807) is 0 Å². The molecule has 0 spiro atoms. The average Bonchev–Trinajstić information content (AvgIpc) is 3.15. The highest BCUT2D eigenvalue weighted by molar-refractivity contribution is 5.89. The molecule has 0 radical (unpaired) electrons. The number of carbonyl (C=O) groups excluding carboxylic acids is 1. The van der Waals surface area contributed by atoms with Crippen LogP contribution in [0.15, 0.2) is 36.5 Å². The number of aryl methyl sites for hydroxylation is 2. The van der Waals surface area contributed by atoms with Gasteiger partial charge in [-0.1, -0.05) is 6.07 Å². The van der Waals surface area contributed by atoms with E-state index in [0.717, 1.165) is 43.0 Å². The Morgan fingerprint density at radius 1 is 1.00 bits per heavy atom. The second kappa shape index (κ2) is 7.77. The predicted octanol–water partition coefficient (Wildman–Crippen LogP) is 3.88. The van der Waals surface area contributed by atoms with E-state index in [1.807, 2.05) is 18.3 Å². The number of benzene rings is 1. The van der Waals surface area contributed by atoms with E-state index in [4.69, 9.17) is 0 Å². The van der Waals surface area contributed by atoms with Crippen molar-refractivity contribution in [3.8, 4) is 0 Å². The maximum Gasteiger partial charge on any atom is 0.319 e. The van der Waals surface area contributed by atoms with Crippen LogP contribution in [0.3, 0.4) is 0 Å². The van der Waals surface area contributed by atoms with Crippen LogP contribution >= 0.6 is 0 Å². The molecule has 26 heavy (non-hydrogen) atoms. The van der Waals surface area contributed by atoms with Gasteiger partial charge >= 0.3 is 6.03 Å². The summed E-state index contributed by atoms with van der Waals surface area (Å²) in [5, 5.41) is 5.89. The summed E-state index contributed by atoms with van der Waals surface area (Å²) in [6.07, 6.45) is 9.08. The molecule has 136 valence electrons. The summed E-state index contributed by atoms with van der Waals surface area (Å²) in [6, 6.07) is 10.1. The third-order valence-corrected chi connectivity index (χ3v) is 5.30. The minimum Gasteiger partial charge on any atom is -0.357 e. The first kappa shape index (κ1) is 16.9.